The largest absolute Gasteiger partial charge is 0.444 e. The molecule has 0 amide bonds. The van der Waals surface area contributed by atoms with E-state index in [9.17, 15) is 0 Å². The molecule has 4 heteroatoms. The summed E-state index contributed by atoms with van der Waals surface area (Å²) in [6, 6.07) is 8.33. The number of hydrogen-bond acceptors (Lipinski definition) is 4. The molecule has 0 saturated carbocycles. The van der Waals surface area contributed by atoms with Crippen LogP contribution in [0.15, 0.2) is 40.3 Å². The SMILES string of the molecule is CC(C)(C)NCc1coc(-c2csc3ccccc23)n1. The summed E-state index contributed by atoms with van der Waals surface area (Å²) in [5, 5.41) is 6.73. The van der Waals surface area contributed by atoms with Crippen LogP contribution < -0.4 is 5.32 Å². The van der Waals surface area contributed by atoms with E-state index in [1.165, 1.54) is 10.1 Å². The van der Waals surface area contributed by atoms with E-state index < -0.39 is 0 Å². The quantitative estimate of drug-likeness (QED) is 0.773. The summed E-state index contributed by atoms with van der Waals surface area (Å²) < 4.78 is 6.90. The molecule has 3 nitrogen and oxygen atoms in total. The summed E-state index contributed by atoms with van der Waals surface area (Å²) in [5.41, 5.74) is 2.09. The first kappa shape index (κ1) is 13.3. The first-order valence-corrected chi connectivity index (χ1v) is 7.57. The molecule has 3 rings (SSSR count). The first-order valence-electron chi connectivity index (χ1n) is 6.69. The molecule has 3 aromatic rings. The molecular weight excluding hydrogens is 268 g/mol. The lowest BCUT2D eigenvalue weighted by atomic mass is 10.1. The fraction of sp³-hybridized carbons (Fsp3) is 0.312. The molecule has 2 aromatic heterocycles. The van der Waals surface area contributed by atoms with Gasteiger partial charge in [-0.3, -0.25) is 0 Å². The molecule has 0 aliphatic rings. The van der Waals surface area contributed by atoms with Crippen molar-refractivity contribution in [2.75, 3.05) is 0 Å². The highest BCUT2D eigenvalue weighted by Gasteiger charge is 2.14. The van der Waals surface area contributed by atoms with E-state index in [1.54, 1.807) is 17.6 Å². The molecule has 0 fully saturated rings. The number of oxazole rings is 1. The fourth-order valence-electron chi connectivity index (χ4n) is 2.01. The maximum atomic E-state index is 5.64. The molecule has 20 heavy (non-hydrogen) atoms. The van der Waals surface area contributed by atoms with Gasteiger partial charge >= 0.3 is 0 Å². The monoisotopic (exact) mass is 286 g/mol. The van der Waals surface area contributed by atoms with Gasteiger partial charge in [0.15, 0.2) is 0 Å². The highest BCUT2D eigenvalue weighted by Crippen LogP contribution is 2.33. The summed E-state index contributed by atoms with van der Waals surface area (Å²) in [6.07, 6.45) is 1.74. The van der Waals surface area contributed by atoms with Gasteiger partial charge in [-0.2, -0.15) is 0 Å². The van der Waals surface area contributed by atoms with Gasteiger partial charge in [0.1, 0.15) is 6.26 Å². The zero-order valence-corrected chi connectivity index (χ0v) is 12.8. The van der Waals surface area contributed by atoms with Gasteiger partial charge in [0.2, 0.25) is 5.89 Å². The van der Waals surface area contributed by atoms with Crippen molar-refractivity contribution in [3.8, 4) is 11.5 Å². The lowest BCUT2D eigenvalue weighted by molar-refractivity contribution is 0.421. The van der Waals surface area contributed by atoms with Gasteiger partial charge in [-0.25, -0.2) is 4.98 Å². The second-order valence-electron chi connectivity index (χ2n) is 5.89. The van der Waals surface area contributed by atoms with E-state index in [0.29, 0.717) is 5.89 Å². The zero-order chi connectivity index (χ0) is 14.2. The average Bonchev–Trinajstić information content (AvgIpc) is 3.01. The third kappa shape index (κ3) is 2.76. The number of thiophene rings is 1. The fourth-order valence-corrected chi connectivity index (χ4v) is 2.95. The Hall–Kier alpha value is -1.65. The number of benzene rings is 1. The van der Waals surface area contributed by atoms with Crippen LogP contribution in [0.25, 0.3) is 21.5 Å². The molecule has 2 heterocycles. The minimum absolute atomic E-state index is 0.0776. The Balaban J connectivity index is 1.86. The van der Waals surface area contributed by atoms with Crippen LogP contribution in [0.1, 0.15) is 26.5 Å². The number of nitrogens with one attached hydrogen (secondary N) is 1. The van der Waals surface area contributed by atoms with E-state index in [1.807, 2.05) is 6.07 Å². The average molecular weight is 286 g/mol. The first-order chi connectivity index (χ1) is 9.53. The third-order valence-electron chi connectivity index (χ3n) is 3.06. The molecular formula is C16H18N2OS. The topological polar surface area (TPSA) is 38.1 Å². The van der Waals surface area contributed by atoms with Crippen LogP contribution in [0.3, 0.4) is 0 Å². The Bertz CT molecular complexity index is 721. The Morgan fingerprint density at radius 3 is 2.85 bits per heavy atom. The summed E-state index contributed by atoms with van der Waals surface area (Å²) >= 11 is 1.72. The van der Waals surface area contributed by atoms with Crippen LogP contribution in [0.4, 0.5) is 0 Å². The van der Waals surface area contributed by atoms with Crippen LogP contribution in [0.2, 0.25) is 0 Å². The number of fused-ring (bicyclic) bond motifs is 1. The van der Waals surface area contributed by atoms with E-state index in [0.717, 1.165) is 17.8 Å². The van der Waals surface area contributed by atoms with Gasteiger partial charge in [-0.1, -0.05) is 18.2 Å². The van der Waals surface area contributed by atoms with Crippen LogP contribution >= 0.6 is 11.3 Å². The highest BCUT2D eigenvalue weighted by atomic mass is 32.1. The second-order valence-corrected chi connectivity index (χ2v) is 6.80. The lowest BCUT2D eigenvalue weighted by Gasteiger charge is -2.19. The molecule has 1 N–H and O–H groups in total. The maximum absolute atomic E-state index is 5.64. The standard InChI is InChI=1S/C16H18N2OS/c1-16(2,3)17-8-11-9-19-15(18-11)13-10-20-14-7-5-4-6-12(13)14/h4-7,9-10,17H,8H2,1-3H3. The van der Waals surface area contributed by atoms with Gasteiger partial charge in [0.25, 0.3) is 0 Å². The van der Waals surface area contributed by atoms with Gasteiger partial charge in [0.05, 0.1) is 11.3 Å². The smallest absolute Gasteiger partial charge is 0.227 e. The van der Waals surface area contributed by atoms with E-state index in [4.69, 9.17) is 4.42 Å². The molecule has 0 radical (unpaired) electrons. The van der Waals surface area contributed by atoms with Gasteiger partial charge in [-0.15, -0.1) is 11.3 Å². The summed E-state index contributed by atoms with van der Waals surface area (Å²) in [7, 11) is 0. The van der Waals surface area contributed by atoms with Crippen LogP contribution in [0, 0.1) is 0 Å². The van der Waals surface area contributed by atoms with Crippen molar-refractivity contribution in [3.63, 3.8) is 0 Å². The number of nitrogens with zero attached hydrogens (tertiary/aromatic N) is 1. The molecule has 0 saturated heterocycles. The van der Waals surface area contributed by atoms with Gasteiger partial charge < -0.3 is 9.73 Å². The van der Waals surface area contributed by atoms with Crippen LogP contribution in [-0.2, 0) is 6.54 Å². The van der Waals surface area contributed by atoms with Gasteiger partial charge in [0, 0.05) is 27.5 Å². The summed E-state index contributed by atoms with van der Waals surface area (Å²) in [6.45, 7) is 7.14. The maximum Gasteiger partial charge on any atom is 0.227 e. The molecule has 0 aliphatic heterocycles. The molecule has 104 valence electrons. The predicted octanol–water partition coefficient (Wildman–Crippen LogP) is 4.44. The molecule has 0 unspecified atom stereocenters. The van der Waals surface area contributed by atoms with E-state index in [2.05, 4.69) is 54.7 Å². The molecule has 0 atom stereocenters. The van der Waals surface area contributed by atoms with Crippen molar-refractivity contribution >= 4 is 21.4 Å². The predicted molar refractivity (Wildman–Crippen MR) is 83.9 cm³/mol. The molecule has 0 spiro atoms. The summed E-state index contributed by atoms with van der Waals surface area (Å²) in [5.74, 6) is 0.702. The van der Waals surface area contributed by atoms with Crippen LogP contribution in [0.5, 0.6) is 0 Å². The number of aromatic nitrogens is 1. The minimum Gasteiger partial charge on any atom is -0.444 e. The van der Waals surface area contributed by atoms with Crippen molar-refractivity contribution < 1.29 is 4.42 Å². The third-order valence-corrected chi connectivity index (χ3v) is 4.03. The normalized spacial score (nSPS) is 12.2. The Kier molecular flexibility index (Phi) is 3.36. The molecule has 0 bridgehead atoms. The van der Waals surface area contributed by atoms with Crippen molar-refractivity contribution in [2.45, 2.75) is 32.9 Å². The second kappa shape index (κ2) is 5.04. The van der Waals surface area contributed by atoms with Gasteiger partial charge in [-0.05, 0) is 26.8 Å². The van der Waals surface area contributed by atoms with Crippen molar-refractivity contribution in [1.29, 1.82) is 0 Å². The van der Waals surface area contributed by atoms with Crippen LogP contribution in [-0.4, -0.2) is 10.5 Å². The lowest BCUT2D eigenvalue weighted by Crippen LogP contribution is -2.35. The number of rotatable bonds is 3. The Labute approximate surface area is 122 Å². The molecule has 0 aliphatic carbocycles. The Morgan fingerprint density at radius 1 is 1.25 bits per heavy atom. The van der Waals surface area contributed by atoms with Crippen molar-refractivity contribution in [3.05, 3.63) is 41.6 Å². The minimum atomic E-state index is 0.0776. The van der Waals surface area contributed by atoms with Crippen molar-refractivity contribution in [1.82, 2.24) is 10.3 Å². The Morgan fingerprint density at radius 2 is 2.05 bits per heavy atom. The molecule has 1 aromatic carbocycles. The summed E-state index contributed by atoms with van der Waals surface area (Å²) in [4.78, 5) is 4.58. The highest BCUT2D eigenvalue weighted by molar-refractivity contribution is 7.17. The zero-order valence-electron chi connectivity index (χ0n) is 11.9. The van der Waals surface area contributed by atoms with E-state index >= 15 is 0 Å². The van der Waals surface area contributed by atoms with Crippen molar-refractivity contribution in [2.24, 2.45) is 0 Å². The van der Waals surface area contributed by atoms with E-state index in [-0.39, 0.29) is 5.54 Å². The number of hydrogen-bond donors (Lipinski definition) is 1.